The van der Waals surface area contributed by atoms with E-state index >= 15 is 0 Å². The van der Waals surface area contributed by atoms with Crippen LogP contribution in [0.3, 0.4) is 0 Å². The number of aryl methyl sites for hydroxylation is 1. The van der Waals surface area contributed by atoms with Crippen LogP contribution < -0.4 is 4.74 Å². The minimum Gasteiger partial charge on any atom is -0.474 e. The van der Waals surface area contributed by atoms with Gasteiger partial charge in [-0.15, -0.1) is 0 Å². The van der Waals surface area contributed by atoms with Crippen LogP contribution in [0, 0.1) is 11.8 Å². The molecule has 4 heterocycles. The normalized spacial score (nSPS) is 25.1. The SMILES string of the molecule is Cn1c2ccncc2c2ccc(-c3ccc(O[C@H]4C[C@H](OCC5CCCC(COCCCCOC6CCCCO6)C5)C4)nc3)cc21. The van der Waals surface area contributed by atoms with Crippen molar-refractivity contribution in [1.29, 1.82) is 0 Å². The van der Waals surface area contributed by atoms with E-state index < -0.39 is 0 Å². The van der Waals surface area contributed by atoms with Crippen LogP contribution in [0.1, 0.15) is 70.6 Å². The van der Waals surface area contributed by atoms with E-state index in [0.717, 1.165) is 82.7 Å². The maximum absolute atomic E-state index is 6.33. The van der Waals surface area contributed by atoms with Crippen molar-refractivity contribution in [2.75, 3.05) is 33.0 Å². The van der Waals surface area contributed by atoms with Gasteiger partial charge in [-0.2, -0.15) is 0 Å². The van der Waals surface area contributed by atoms with Gasteiger partial charge in [-0.05, 0) is 87.0 Å². The number of fused-ring (bicyclic) bond motifs is 3. The molecule has 1 aromatic carbocycles. The number of unbranched alkanes of at least 4 members (excludes halogenated alkanes) is 1. The average molecular weight is 628 g/mol. The van der Waals surface area contributed by atoms with E-state index in [2.05, 4.69) is 51.9 Å². The smallest absolute Gasteiger partial charge is 0.213 e. The molecule has 0 N–H and O–H groups in total. The van der Waals surface area contributed by atoms with Crippen molar-refractivity contribution >= 4 is 21.8 Å². The summed E-state index contributed by atoms with van der Waals surface area (Å²) in [6.45, 7) is 4.18. The Morgan fingerprint density at radius 3 is 2.50 bits per heavy atom. The van der Waals surface area contributed by atoms with E-state index in [4.69, 9.17) is 23.7 Å². The van der Waals surface area contributed by atoms with Crippen molar-refractivity contribution in [3.8, 4) is 17.0 Å². The summed E-state index contributed by atoms with van der Waals surface area (Å²) >= 11 is 0. The molecule has 1 saturated heterocycles. The van der Waals surface area contributed by atoms with Crippen molar-refractivity contribution in [2.24, 2.45) is 18.9 Å². The highest BCUT2D eigenvalue weighted by atomic mass is 16.7. The lowest BCUT2D eigenvalue weighted by molar-refractivity contribution is -0.163. The number of benzene rings is 1. The van der Waals surface area contributed by atoms with Crippen molar-refractivity contribution < 1.29 is 23.7 Å². The number of aromatic nitrogens is 3. The summed E-state index contributed by atoms with van der Waals surface area (Å²) in [5, 5.41) is 2.40. The number of rotatable bonds is 14. The number of hydrogen-bond donors (Lipinski definition) is 0. The summed E-state index contributed by atoms with van der Waals surface area (Å²) in [4.78, 5) is 8.95. The fourth-order valence-electron chi connectivity index (χ4n) is 7.37. The topological polar surface area (TPSA) is 76.9 Å². The Morgan fingerprint density at radius 1 is 0.783 bits per heavy atom. The van der Waals surface area contributed by atoms with Gasteiger partial charge in [0.05, 0.1) is 11.6 Å². The van der Waals surface area contributed by atoms with E-state index in [9.17, 15) is 0 Å². The molecule has 3 unspecified atom stereocenters. The van der Waals surface area contributed by atoms with Crippen molar-refractivity contribution in [2.45, 2.75) is 89.1 Å². The summed E-state index contributed by atoms with van der Waals surface area (Å²) < 4.78 is 32.3. The molecule has 3 aromatic heterocycles. The fraction of sp³-hybridized carbons (Fsp3) is 0.579. The quantitative estimate of drug-likeness (QED) is 0.132. The van der Waals surface area contributed by atoms with Crippen LogP contribution in [0.5, 0.6) is 5.88 Å². The largest absolute Gasteiger partial charge is 0.474 e. The van der Waals surface area contributed by atoms with Gasteiger partial charge in [-0.3, -0.25) is 4.98 Å². The first-order valence-electron chi connectivity index (χ1n) is 17.6. The third kappa shape index (κ3) is 7.73. The first kappa shape index (κ1) is 31.6. The number of nitrogens with zero attached hydrogens (tertiary/aromatic N) is 3. The van der Waals surface area contributed by atoms with E-state index in [1.807, 2.05) is 24.7 Å². The molecular formula is C38H49N3O5. The van der Waals surface area contributed by atoms with Crippen LogP contribution in [0.2, 0.25) is 0 Å². The zero-order valence-electron chi connectivity index (χ0n) is 27.3. The second-order valence-corrected chi connectivity index (χ2v) is 13.6. The molecule has 8 nitrogen and oxygen atoms in total. The first-order chi connectivity index (χ1) is 22.7. The molecule has 3 atom stereocenters. The maximum Gasteiger partial charge on any atom is 0.213 e. The predicted octanol–water partition coefficient (Wildman–Crippen LogP) is 7.86. The van der Waals surface area contributed by atoms with Gasteiger partial charge in [0.15, 0.2) is 6.29 Å². The van der Waals surface area contributed by atoms with Crippen molar-refractivity contribution in [1.82, 2.24) is 14.5 Å². The Labute approximate surface area is 272 Å². The molecule has 2 aliphatic carbocycles. The highest BCUT2D eigenvalue weighted by Gasteiger charge is 2.33. The lowest BCUT2D eigenvalue weighted by atomic mass is 9.82. The van der Waals surface area contributed by atoms with Gasteiger partial charge in [0.2, 0.25) is 5.88 Å². The minimum atomic E-state index is 0.0201. The van der Waals surface area contributed by atoms with Gasteiger partial charge in [-0.25, -0.2) is 4.98 Å². The van der Waals surface area contributed by atoms with Crippen LogP contribution in [-0.4, -0.2) is 66.1 Å². The van der Waals surface area contributed by atoms with Gasteiger partial charge >= 0.3 is 0 Å². The monoisotopic (exact) mass is 627 g/mol. The van der Waals surface area contributed by atoms with Crippen LogP contribution >= 0.6 is 0 Å². The molecule has 7 rings (SSSR count). The molecule has 246 valence electrons. The Morgan fingerprint density at radius 2 is 1.65 bits per heavy atom. The van der Waals surface area contributed by atoms with E-state index in [0.29, 0.717) is 23.8 Å². The standard InChI is InChI=1S/C38H49N3O5/c1-41-35-14-15-39-24-34(35)33-12-10-29(20-36(33)41)30-11-13-37(40-23-30)46-32-21-31(22-32)45-26-28-8-6-7-27(19-28)25-42-16-4-5-18-44-38-9-2-3-17-43-38/h10-15,20,23-24,27-28,31-32,38H,2-9,16-19,21-22,25-26H2,1H3/t27?,28?,31-,32-,38?. The predicted molar refractivity (Wildman–Crippen MR) is 180 cm³/mol. The van der Waals surface area contributed by atoms with Gasteiger partial charge < -0.3 is 28.3 Å². The lowest BCUT2D eigenvalue weighted by Crippen LogP contribution is -2.40. The van der Waals surface area contributed by atoms with Crippen LogP contribution in [0.15, 0.2) is 55.0 Å². The van der Waals surface area contributed by atoms with Gasteiger partial charge in [0.1, 0.15) is 6.10 Å². The Hall–Kier alpha value is -3.04. The fourth-order valence-corrected chi connectivity index (χ4v) is 7.37. The summed E-state index contributed by atoms with van der Waals surface area (Å²) in [5.41, 5.74) is 4.61. The molecule has 0 bridgehead atoms. The number of hydrogen-bond acceptors (Lipinski definition) is 7. The molecule has 8 heteroatoms. The van der Waals surface area contributed by atoms with Crippen LogP contribution in [0.4, 0.5) is 0 Å². The molecule has 4 aromatic rings. The van der Waals surface area contributed by atoms with E-state index in [1.165, 1.54) is 53.9 Å². The first-order valence-corrected chi connectivity index (χ1v) is 17.6. The number of pyridine rings is 2. The lowest BCUT2D eigenvalue weighted by Gasteiger charge is -2.36. The van der Waals surface area contributed by atoms with Gasteiger partial charge in [0.25, 0.3) is 0 Å². The van der Waals surface area contributed by atoms with Crippen LogP contribution in [0.25, 0.3) is 32.9 Å². The van der Waals surface area contributed by atoms with E-state index in [-0.39, 0.29) is 12.4 Å². The van der Waals surface area contributed by atoms with Crippen molar-refractivity contribution in [3.63, 3.8) is 0 Å². The molecule has 0 amide bonds. The summed E-state index contributed by atoms with van der Waals surface area (Å²) in [6, 6.07) is 12.7. The molecule has 2 saturated carbocycles. The molecule has 0 radical (unpaired) electrons. The molecule has 0 spiro atoms. The Kier molecular flexibility index (Phi) is 10.5. The summed E-state index contributed by atoms with van der Waals surface area (Å²) in [7, 11) is 2.11. The Bertz CT molecular complexity index is 1540. The summed E-state index contributed by atoms with van der Waals surface area (Å²) in [6.07, 6.45) is 18.6. The molecule has 3 fully saturated rings. The van der Waals surface area contributed by atoms with Gasteiger partial charge in [-0.1, -0.05) is 18.6 Å². The zero-order valence-corrected chi connectivity index (χ0v) is 27.3. The minimum absolute atomic E-state index is 0.0201. The molecule has 3 aliphatic rings. The van der Waals surface area contributed by atoms with Gasteiger partial charge in [0, 0.05) is 99.4 Å². The number of ether oxygens (including phenoxy) is 5. The third-order valence-corrected chi connectivity index (χ3v) is 10.2. The second-order valence-electron chi connectivity index (χ2n) is 13.6. The highest BCUT2D eigenvalue weighted by molar-refractivity contribution is 6.08. The van der Waals surface area contributed by atoms with Crippen molar-refractivity contribution in [3.05, 3.63) is 55.0 Å². The van der Waals surface area contributed by atoms with Crippen LogP contribution in [-0.2, 0) is 26.0 Å². The average Bonchev–Trinajstić information content (AvgIpc) is 3.37. The van der Waals surface area contributed by atoms with E-state index in [1.54, 1.807) is 0 Å². The zero-order chi connectivity index (χ0) is 31.1. The second kappa shape index (κ2) is 15.2. The maximum atomic E-state index is 6.33. The summed E-state index contributed by atoms with van der Waals surface area (Å²) in [5.74, 6) is 1.99. The molecular weight excluding hydrogens is 578 g/mol. The highest BCUT2D eigenvalue weighted by Crippen LogP contribution is 2.34. The Balaban J connectivity index is 0.782. The molecule has 1 aliphatic heterocycles. The molecule has 46 heavy (non-hydrogen) atoms. The third-order valence-electron chi connectivity index (χ3n) is 10.2.